The van der Waals surface area contributed by atoms with Crippen LogP contribution in [0.25, 0.3) is 0 Å². The smallest absolute Gasteiger partial charge is 0.0212 e. The van der Waals surface area contributed by atoms with E-state index < -0.39 is 0 Å². The van der Waals surface area contributed by atoms with Gasteiger partial charge in [-0.1, -0.05) is 13.8 Å². The Balaban J connectivity index is 1.98. The van der Waals surface area contributed by atoms with Crippen LogP contribution in [0.3, 0.4) is 0 Å². The van der Waals surface area contributed by atoms with E-state index in [0.29, 0.717) is 0 Å². The fourth-order valence-electron chi connectivity index (χ4n) is 3.93. The number of hydrogen-bond donors (Lipinski definition) is 0. The quantitative estimate of drug-likeness (QED) is 0.480. The van der Waals surface area contributed by atoms with Gasteiger partial charge in [0, 0.05) is 0 Å². The molecule has 0 heteroatoms. The summed E-state index contributed by atoms with van der Waals surface area (Å²) in [6, 6.07) is 0. The molecule has 0 N–H and O–H groups in total. The van der Waals surface area contributed by atoms with Gasteiger partial charge < -0.3 is 0 Å². The molecule has 1 spiro atoms. The fourth-order valence-corrected chi connectivity index (χ4v) is 3.93. The molecule has 0 aromatic carbocycles. The molecule has 3 aliphatic carbocycles. The van der Waals surface area contributed by atoms with Crippen molar-refractivity contribution in [3.8, 4) is 0 Å². The molecule has 3 aliphatic rings. The molecule has 0 aromatic rings. The van der Waals surface area contributed by atoms with Crippen molar-refractivity contribution < 1.29 is 0 Å². The molecule has 0 aromatic heterocycles. The molecule has 3 fully saturated rings. The lowest BCUT2D eigenvalue weighted by Gasteiger charge is -2.67. The predicted molar refractivity (Wildman–Crippen MR) is 41.7 cm³/mol. The summed E-state index contributed by atoms with van der Waals surface area (Å²) in [7, 11) is 0. The molecular weight excluding hydrogens is 120 g/mol. The SMILES string of the molecule is CC1(C)C2CCC2C12CC2. The first-order valence-electron chi connectivity index (χ1n) is 4.68. The second kappa shape index (κ2) is 1.19. The minimum absolute atomic E-state index is 0.746. The first-order chi connectivity index (χ1) is 4.68. The molecule has 0 heterocycles. The van der Waals surface area contributed by atoms with Gasteiger partial charge in [-0.2, -0.15) is 0 Å². The summed E-state index contributed by atoms with van der Waals surface area (Å²) in [5, 5.41) is 0. The third-order valence-corrected chi connectivity index (χ3v) is 4.98. The zero-order valence-corrected chi connectivity index (χ0v) is 6.98. The summed E-state index contributed by atoms with van der Waals surface area (Å²) in [6.07, 6.45) is 6.22. The molecule has 3 saturated carbocycles. The van der Waals surface area contributed by atoms with Crippen LogP contribution in [0.4, 0.5) is 0 Å². The highest BCUT2D eigenvalue weighted by atomic mass is 14.8. The third-order valence-electron chi connectivity index (χ3n) is 4.98. The van der Waals surface area contributed by atoms with Crippen LogP contribution in [-0.4, -0.2) is 0 Å². The van der Waals surface area contributed by atoms with E-state index in [1.165, 1.54) is 5.92 Å². The largest absolute Gasteiger partial charge is 0.0591 e. The van der Waals surface area contributed by atoms with E-state index in [2.05, 4.69) is 13.8 Å². The Morgan fingerprint density at radius 2 is 1.60 bits per heavy atom. The molecule has 0 radical (unpaired) electrons. The third kappa shape index (κ3) is 0.320. The minimum atomic E-state index is 0.746. The monoisotopic (exact) mass is 136 g/mol. The molecule has 2 unspecified atom stereocenters. The zero-order valence-electron chi connectivity index (χ0n) is 6.98. The summed E-state index contributed by atoms with van der Waals surface area (Å²) in [6.45, 7) is 5.00. The number of hydrogen-bond acceptors (Lipinski definition) is 0. The fraction of sp³-hybridized carbons (Fsp3) is 1.00. The van der Waals surface area contributed by atoms with E-state index in [-0.39, 0.29) is 0 Å². The minimum Gasteiger partial charge on any atom is -0.0591 e. The van der Waals surface area contributed by atoms with Gasteiger partial charge >= 0.3 is 0 Å². The summed E-state index contributed by atoms with van der Waals surface area (Å²) in [5.74, 6) is 2.32. The molecule has 3 rings (SSSR count). The number of rotatable bonds is 0. The van der Waals surface area contributed by atoms with Gasteiger partial charge in [-0.3, -0.25) is 0 Å². The molecule has 0 amide bonds. The van der Waals surface area contributed by atoms with Gasteiger partial charge in [0.1, 0.15) is 0 Å². The maximum absolute atomic E-state index is 2.50. The first kappa shape index (κ1) is 5.62. The van der Waals surface area contributed by atoms with Gasteiger partial charge in [-0.25, -0.2) is 0 Å². The molecule has 0 aliphatic heterocycles. The van der Waals surface area contributed by atoms with Crippen molar-refractivity contribution >= 4 is 0 Å². The lowest BCUT2D eigenvalue weighted by molar-refractivity contribution is -0.185. The predicted octanol–water partition coefficient (Wildman–Crippen LogP) is 2.83. The topological polar surface area (TPSA) is 0 Å². The van der Waals surface area contributed by atoms with Crippen molar-refractivity contribution in [2.75, 3.05) is 0 Å². The Labute approximate surface area is 63.0 Å². The van der Waals surface area contributed by atoms with Crippen LogP contribution in [0.1, 0.15) is 39.5 Å². The van der Waals surface area contributed by atoms with E-state index in [0.717, 1.165) is 16.7 Å². The molecule has 56 valence electrons. The summed E-state index contributed by atoms with van der Waals surface area (Å²) in [4.78, 5) is 0. The van der Waals surface area contributed by atoms with E-state index >= 15 is 0 Å². The van der Waals surface area contributed by atoms with Crippen LogP contribution in [0.15, 0.2) is 0 Å². The highest BCUT2D eigenvalue weighted by Crippen LogP contribution is 2.82. The van der Waals surface area contributed by atoms with Gasteiger partial charge in [-0.15, -0.1) is 0 Å². The molecule has 10 heavy (non-hydrogen) atoms. The Morgan fingerprint density at radius 1 is 1.00 bits per heavy atom. The van der Waals surface area contributed by atoms with E-state index in [1.807, 2.05) is 0 Å². The second-order valence-corrected chi connectivity index (χ2v) is 5.17. The van der Waals surface area contributed by atoms with Crippen molar-refractivity contribution in [1.82, 2.24) is 0 Å². The van der Waals surface area contributed by atoms with Crippen LogP contribution < -0.4 is 0 Å². The lowest BCUT2D eigenvalue weighted by atomic mass is 9.38. The van der Waals surface area contributed by atoms with Crippen LogP contribution >= 0.6 is 0 Å². The average Bonchev–Trinajstić information content (AvgIpc) is 2.41. The molecular formula is C10H16. The van der Waals surface area contributed by atoms with Gasteiger partial charge in [-0.05, 0) is 48.3 Å². The van der Waals surface area contributed by atoms with Gasteiger partial charge in [0.15, 0.2) is 0 Å². The normalized spacial score (nSPS) is 51.0. The first-order valence-corrected chi connectivity index (χ1v) is 4.68. The van der Waals surface area contributed by atoms with Crippen molar-refractivity contribution in [2.24, 2.45) is 22.7 Å². The Hall–Kier alpha value is 0. The van der Waals surface area contributed by atoms with Crippen LogP contribution in [0.2, 0.25) is 0 Å². The second-order valence-electron chi connectivity index (χ2n) is 5.17. The summed E-state index contributed by atoms with van der Waals surface area (Å²) >= 11 is 0. The number of fused-ring (bicyclic) bond motifs is 2. The van der Waals surface area contributed by atoms with Crippen molar-refractivity contribution in [3.63, 3.8) is 0 Å². The maximum Gasteiger partial charge on any atom is -0.0212 e. The molecule has 0 nitrogen and oxygen atoms in total. The van der Waals surface area contributed by atoms with Crippen molar-refractivity contribution in [2.45, 2.75) is 39.5 Å². The molecule has 0 saturated heterocycles. The Morgan fingerprint density at radius 3 is 1.80 bits per heavy atom. The highest BCUT2D eigenvalue weighted by molar-refractivity contribution is 5.23. The van der Waals surface area contributed by atoms with E-state index in [1.54, 1.807) is 25.7 Å². The van der Waals surface area contributed by atoms with Crippen molar-refractivity contribution in [1.29, 1.82) is 0 Å². The van der Waals surface area contributed by atoms with E-state index in [4.69, 9.17) is 0 Å². The summed E-state index contributed by atoms with van der Waals surface area (Å²) in [5.41, 5.74) is 1.63. The lowest BCUT2D eigenvalue weighted by Crippen LogP contribution is -2.60. The van der Waals surface area contributed by atoms with E-state index in [9.17, 15) is 0 Å². The van der Waals surface area contributed by atoms with Gasteiger partial charge in [0.2, 0.25) is 0 Å². The average molecular weight is 136 g/mol. The van der Waals surface area contributed by atoms with Crippen LogP contribution in [0, 0.1) is 22.7 Å². The summed E-state index contributed by atoms with van der Waals surface area (Å²) < 4.78 is 0. The van der Waals surface area contributed by atoms with Crippen LogP contribution in [-0.2, 0) is 0 Å². The highest BCUT2D eigenvalue weighted by Gasteiger charge is 2.74. The van der Waals surface area contributed by atoms with Gasteiger partial charge in [0.25, 0.3) is 0 Å². The van der Waals surface area contributed by atoms with Crippen LogP contribution in [0.5, 0.6) is 0 Å². The standard InChI is InChI=1S/C10H16/c1-9(2)7-3-4-8(7)10(9)5-6-10/h7-8H,3-6H2,1-2H3. The van der Waals surface area contributed by atoms with Gasteiger partial charge in [0.05, 0.1) is 0 Å². The molecule has 0 bridgehead atoms. The maximum atomic E-state index is 2.50. The zero-order chi connectivity index (χ0) is 6.98. The Kier molecular flexibility index (Phi) is 0.669. The van der Waals surface area contributed by atoms with Crippen molar-refractivity contribution in [3.05, 3.63) is 0 Å². The molecule has 2 atom stereocenters. The Bertz CT molecular complexity index is 176.